The fourth-order valence-corrected chi connectivity index (χ4v) is 3.18. The van der Waals surface area contributed by atoms with Gasteiger partial charge in [-0.2, -0.15) is 0 Å². The van der Waals surface area contributed by atoms with E-state index in [1.165, 1.54) is 12.1 Å². The summed E-state index contributed by atoms with van der Waals surface area (Å²) in [7, 11) is -0.717. The van der Waals surface area contributed by atoms with Crippen molar-refractivity contribution in [3.63, 3.8) is 0 Å². The van der Waals surface area contributed by atoms with Crippen LogP contribution >= 0.6 is 0 Å². The maximum atomic E-state index is 13.7. The lowest BCUT2D eigenvalue weighted by atomic mass is 9.78. The zero-order valence-corrected chi connectivity index (χ0v) is 18.4. The largest absolute Gasteiger partial charge is 0.500 e. The van der Waals surface area contributed by atoms with E-state index in [1.807, 2.05) is 27.7 Å². The molecule has 0 unspecified atom stereocenters. The molecule has 0 saturated carbocycles. The van der Waals surface area contributed by atoms with Crippen molar-refractivity contribution in [2.24, 2.45) is 0 Å². The van der Waals surface area contributed by atoms with Gasteiger partial charge in [-0.3, -0.25) is 0 Å². The van der Waals surface area contributed by atoms with Crippen LogP contribution < -0.4 is 10.2 Å². The molecule has 1 aromatic carbocycles. The predicted octanol–water partition coefficient (Wildman–Crippen LogP) is 4.16. The summed E-state index contributed by atoms with van der Waals surface area (Å²) in [5.41, 5.74) is 0.342. The zero-order valence-electron chi connectivity index (χ0n) is 18.4. The Bertz CT molecular complexity index is 898. The first kappa shape index (κ1) is 21.7. The molecule has 7 heteroatoms. The maximum Gasteiger partial charge on any atom is 0.500 e. The summed E-state index contributed by atoms with van der Waals surface area (Å²) in [5, 5.41) is 10.5. The summed E-state index contributed by atoms with van der Waals surface area (Å²) in [6.07, 6.45) is 1.57. The summed E-state index contributed by atoms with van der Waals surface area (Å²) in [6, 6.07) is 4.63. The highest BCUT2D eigenvalue weighted by Gasteiger charge is 2.53. The Hall–Kier alpha value is -1.96. The van der Waals surface area contributed by atoms with Crippen molar-refractivity contribution in [3.05, 3.63) is 46.9 Å². The molecule has 0 radical (unpaired) electrons. The van der Waals surface area contributed by atoms with E-state index in [-0.39, 0.29) is 5.82 Å². The van der Waals surface area contributed by atoms with Crippen molar-refractivity contribution >= 4 is 12.6 Å². The number of halogens is 1. The van der Waals surface area contributed by atoms with E-state index >= 15 is 0 Å². The fourth-order valence-electron chi connectivity index (χ4n) is 3.18. The Kier molecular flexibility index (Phi) is 5.31. The molecule has 1 fully saturated rings. The predicted molar refractivity (Wildman–Crippen MR) is 111 cm³/mol. The van der Waals surface area contributed by atoms with Crippen molar-refractivity contribution in [1.82, 2.24) is 4.98 Å². The van der Waals surface area contributed by atoms with Crippen molar-refractivity contribution < 1.29 is 23.5 Å². The molecule has 29 heavy (non-hydrogen) atoms. The number of benzene rings is 1. The van der Waals surface area contributed by atoms with Gasteiger partial charge in [0, 0.05) is 17.2 Å². The Morgan fingerprint density at radius 1 is 1.03 bits per heavy atom. The van der Waals surface area contributed by atoms with Crippen LogP contribution in [0.4, 0.5) is 4.39 Å². The lowest BCUT2D eigenvalue weighted by Crippen LogP contribution is -2.41. The first-order valence-electron chi connectivity index (χ1n) is 9.74. The van der Waals surface area contributed by atoms with E-state index in [9.17, 15) is 9.50 Å². The Morgan fingerprint density at radius 2 is 1.55 bits per heavy atom. The molecule has 0 amide bonds. The third-order valence-electron chi connectivity index (χ3n) is 5.72. The molecular formula is C22H29BFNO4. The molecule has 3 rings (SSSR count). The molecular weight excluding hydrogens is 372 g/mol. The van der Waals surface area contributed by atoms with Crippen LogP contribution in [0.25, 0.3) is 0 Å². The average molecular weight is 401 g/mol. The molecule has 156 valence electrons. The zero-order chi connectivity index (χ0) is 21.8. The van der Waals surface area contributed by atoms with Gasteiger partial charge in [0.25, 0.3) is 0 Å². The monoisotopic (exact) mass is 401 g/mol. The molecule has 1 N–H and O–H groups in total. The molecule has 0 aliphatic carbocycles. The molecule has 1 aliphatic heterocycles. The second kappa shape index (κ2) is 7.08. The molecule has 1 saturated heterocycles. The Morgan fingerprint density at radius 3 is 2.03 bits per heavy atom. The summed E-state index contributed by atoms with van der Waals surface area (Å²) < 4.78 is 32.2. The van der Waals surface area contributed by atoms with Crippen molar-refractivity contribution in [2.75, 3.05) is 0 Å². The van der Waals surface area contributed by atoms with Crippen LogP contribution in [0.5, 0.6) is 11.6 Å². The van der Waals surface area contributed by atoms with Gasteiger partial charge in [0.1, 0.15) is 11.6 Å². The first-order valence-corrected chi connectivity index (χ1v) is 9.74. The number of pyridine rings is 1. The van der Waals surface area contributed by atoms with Crippen molar-refractivity contribution in [1.29, 1.82) is 0 Å². The molecule has 2 aromatic rings. The normalized spacial score (nSPS) is 18.2. The van der Waals surface area contributed by atoms with Crippen molar-refractivity contribution in [3.8, 4) is 11.6 Å². The molecule has 0 bridgehead atoms. The minimum Gasteiger partial charge on any atom is -0.439 e. The minimum atomic E-state index is -1.09. The van der Waals surface area contributed by atoms with E-state index in [0.717, 1.165) is 0 Å². The second-order valence-corrected chi connectivity index (χ2v) is 9.24. The topological polar surface area (TPSA) is 60.8 Å². The number of ether oxygens (including phenoxy) is 1. The van der Waals surface area contributed by atoms with Gasteiger partial charge in [0.2, 0.25) is 5.88 Å². The number of rotatable bonds is 4. The van der Waals surface area contributed by atoms with Crippen LogP contribution in [0.1, 0.15) is 58.2 Å². The van der Waals surface area contributed by atoms with Gasteiger partial charge in [0.05, 0.1) is 16.8 Å². The van der Waals surface area contributed by atoms with Gasteiger partial charge in [-0.05, 0) is 84.7 Å². The highest BCUT2D eigenvalue weighted by Crippen LogP contribution is 2.38. The molecule has 0 spiro atoms. The number of aromatic nitrogens is 1. The number of aliphatic hydroxyl groups is 1. The van der Waals surface area contributed by atoms with Gasteiger partial charge in [-0.1, -0.05) is 0 Å². The number of aryl methyl sites for hydroxylation is 2. The van der Waals surface area contributed by atoms with Gasteiger partial charge in [-0.15, -0.1) is 0 Å². The molecule has 0 atom stereocenters. The number of hydrogen-bond acceptors (Lipinski definition) is 5. The summed E-state index contributed by atoms with van der Waals surface area (Å²) in [4.78, 5) is 4.45. The minimum absolute atomic E-state index is 0.300. The smallest absolute Gasteiger partial charge is 0.439 e. The SMILES string of the molecule is Cc1cc(F)cc(C)c1Oc1ncc(C(C)(C)O)cc1B1OC(C)(C)C(C)(C)O1. The highest BCUT2D eigenvalue weighted by atomic mass is 19.1. The standard InChI is InChI=1S/C22H29BFNO4/c1-13-9-16(24)10-14(2)18(13)27-19-17(11-15(12-25-19)20(3,4)26)23-28-21(5,6)22(7,8)29-23/h9-12,26H,1-8H3. The first-order chi connectivity index (χ1) is 13.2. The lowest BCUT2D eigenvalue weighted by molar-refractivity contribution is 0.00578. The highest BCUT2D eigenvalue weighted by molar-refractivity contribution is 6.63. The van der Waals surface area contributed by atoms with Gasteiger partial charge in [0.15, 0.2) is 0 Å². The summed E-state index contributed by atoms with van der Waals surface area (Å²) in [6.45, 7) is 14.8. The van der Waals surface area contributed by atoms with Gasteiger partial charge >= 0.3 is 7.12 Å². The molecule has 5 nitrogen and oxygen atoms in total. The van der Waals surface area contributed by atoms with Crippen LogP contribution in [0.3, 0.4) is 0 Å². The van der Waals surface area contributed by atoms with Crippen LogP contribution in [-0.4, -0.2) is 28.4 Å². The fraction of sp³-hybridized carbons (Fsp3) is 0.500. The van der Waals surface area contributed by atoms with Crippen LogP contribution in [-0.2, 0) is 14.9 Å². The van der Waals surface area contributed by atoms with E-state index in [4.69, 9.17) is 14.0 Å². The van der Waals surface area contributed by atoms with Gasteiger partial charge < -0.3 is 19.2 Å². The molecule has 1 aliphatic rings. The van der Waals surface area contributed by atoms with Crippen LogP contribution in [0, 0.1) is 19.7 Å². The Balaban J connectivity index is 2.09. The quantitative estimate of drug-likeness (QED) is 0.780. The van der Waals surface area contributed by atoms with E-state index in [2.05, 4.69) is 4.98 Å². The number of nitrogens with zero attached hydrogens (tertiary/aromatic N) is 1. The van der Waals surface area contributed by atoms with E-state index < -0.39 is 23.9 Å². The molecule has 1 aromatic heterocycles. The van der Waals surface area contributed by atoms with Crippen LogP contribution in [0.2, 0.25) is 0 Å². The van der Waals surface area contributed by atoms with Crippen molar-refractivity contribution in [2.45, 2.75) is 72.2 Å². The number of hydrogen-bond donors (Lipinski definition) is 1. The van der Waals surface area contributed by atoms with E-state index in [0.29, 0.717) is 33.8 Å². The lowest BCUT2D eigenvalue weighted by Gasteiger charge is -2.32. The summed E-state index contributed by atoms with van der Waals surface area (Å²) >= 11 is 0. The van der Waals surface area contributed by atoms with E-state index in [1.54, 1.807) is 40.0 Å². The third-order valence-corrected chi connectivity index (χ3v) is 5.72. The van der Waals surface area contributed by atoms with Gasteiger partial charge in [-0.25, -0.2) is 9.37 Å². The Labute approximate surface area is 172 Å². The summed E-state index contributed by atoms with van der Waals surface area (Å²) in [5.74, 6) is 0.519. The molecule has 2 heterocycles. The maximum absolute atomic E-state index is 13.7. The second-order valence-electron chi connectivity index (χ2n) is 9.24. The average Bonchev–Trinajstić information content (AvgIpc) is 2.77. The van der Waals surface area contributed by atoms with Crippen LogP contribution in [0.15, 0.2) is 24.4 Å². The third kappa shape index (κ3) is 4.18.